The zero-order valence-corrected chi connectivity index (χ0v) is 24.2. The molecule has 10 nitrogen and oxygen atoms in total. The van der Waals surface area contributed by atoms with E-state index in [2.05, 4.69) is 18.1 Å². The largest absolute Gasteiger partial charge is 0.465 e. The Balaban J connectivity index is 1.61. The van der Waals surface area contributed by atoms with Gasteiger partial charge in [-0.3, -0.25) is 19.3 Å². The molecule has 4 aliphatic heterocycles. The van der Waals surface area contributed by atoms with Gasteiger partial charge in [0, 0.05) is 32.7 Å². The van der Waals surface area contributed by atoms with Gasteiger partial charge in [0.15, 0.2) is 0 Å². The van der Waals surface area contributed by atoms with Crippen LogP contribution in [-0.4, -0.2) is 121 Å². The molecule has 10 heteroatoms. The molecule has 2 amide bonds. The van der Waals surface area contributed by atoms with Gasteiger partial charge < -0.3 is 29.1 Å². The van der Waals surface area contributed by atoms with Gasteiger partial charge in [-0.15, -0.1) is 13.2 Å². The Hall–Kier alpha value is -2.27. The average molecular weight is 562 g/mol. The van der Waals surface area contributed by atoms with Crippen LogP contribution < -0.4 is 0 Å². The van der Waals surface area contributed by atoms with Crippen LogP contribution in [0.25, 0.3) is 0 Å². The normalized spacial score (nSPS) is 30.4. The molecule has 224 valence electrons. The minimum atomic E-state index is -1.12. The lowest BCUT2D eigenvalue weighted by molar-refractivity contribution is -0.157. The Morgan fingerprint density at radius 2 is 1.98 bits per heavy atom. The van der Waals surface area contributed by atoms with E-state index in [9.17, 15) is 19.5 Å². The quantitative estimate of drug-likeness (QED) is 0.183. The Morgan fingerprint density at radius 3 is 2.62 bits per heavy atom. The van der Waals surface area contributed by atoms with E-state index in [0.29, 0.717) is 52.1 Å². The van der Waals surface area contributed by atoms with Crippen LogP contribution in [-0.2, 0) is 28.6 Å². The van der Waals surface area contributed by atoms with Gasteiger partial charge in [0.05, 0.1) is 50.4 Å². The van der Waals surface area contributed by atoms with Gasteiger partial charge >= 0.3 is 5.97 Å². The van der Waals surface area contributed by atoms with Crippen LogP contribution in [0.1, 0.15) is 46.0 Å². The first-order valence-electron chi connectivity index (χ1n) is 14.9. The van der Waals surface area contributed by atoms with E-state index in [1.54, 1.807) is 15.9 Å². The first kappa shape index (κ1) is 30.7. The highest BCUT2D eigenvalue weighted by Crippen LogP contribution is 2.59. The van der Waals surface area contributed by atoms with Crippen molar-refractivity contribution in [3.8, 4) is 0 Å². The van der Waals surface area contributed by atoms with Crippen molar-refractivity contribution in [1.82, 2.24) is 14.7 Å². The molecule has 40 heavy (non-hydrogen) atoms. The topological polar surface area (TPSA) is 109 Å². The summed E-state index contributed by atoms with van der Waals surface area (Å²) < 4.78 is 17.6. The summed E-state index contributed by atoms with van der Waals surface area (Å²) in [5.41, 5.74) is -1.12. The van der Waals surface area contributed by atoms with Crippen LogP contribution in [0.15, 0.2) is 25.3 Å². The second-order valence-electron chi connectivity index (χ2n) is 11.8. The number of carbonyl (C=O) groups excluding carboxylic acids is 3. The number of ether oxygens (including phenoxy) is 3. The molecule has 1 spiro atoms. The Bertz CT molecular complexity index is 936. The van der Waals surface area contributed by atoms with Gasteiger partial charge in [-0.2, -0.15) is 0 Å². The van der Waals surface area contributed by atoms with Gasteiger partial charge in [0.1, 0.15) is 11.6 Å². The number of esters is 1. The van der Waals surface area contributed by atoms with Crippen molar-refractivity contribution in [2.24, 2.45) is 17.8 Å². The fourth-order valence-corrected chi connectivity index (χ4v) is 6.98. The van der Waals surface area contributed by atoms with Gasteiger partial charge in [0.25, 0.3) is 0 Å². The molecule has 4 fully saturated rings. The van der Waals surface area contributed by atoms with Crippen molar-refractivity contribution < 1.29 is 33.7 Å². The molecule has 4 rings (SSSR count). The molecule has 0 radical (unpaired) electrons. The third kappa shape index (κ3) is 5.86. The van der Waals surface area contributed by atoms with E-state index in [1.165, 1.54) is 0 Å². The third-order valence-electron chi connectivity index (χ3n) is 9.06. The first-order valence-corrected chi connectivity index (χ1v) is 14.9. The van der Waals surface area contributed by atoms with E-state index in [1.807, 2.05) is 19.9 Å². The summed E-state index contributed by atoms with van der Waals surface area (Å²) in [7, 11) is 0. The summed E-state index contributed by atoms with van der Waals surface area (Å²) >= 11 is 0. The number of aliphatic hydroxyl groups excluding tert-OH is 1. The van der Waals surface area contributed by atoms with Gasteiger partial charge in [-0.25, -0.2) is 0 Å². The summed E-state index contributed by atoms with van der Waals surface area (Å²) in [5.74, 6) is -2.62. The molecule has 4 heterocycles. The number of hydrogen-bond acceptors (Lipinski definition) is 8. The number of likely N-dealkylation sites (tertiary alicyclic amines) is 1. The summed E-state index contributed by atoms with van der Waals surface area (Å²) in [5, 5.41) is 10.4. The Morgan fingerprint density at radius 1 is 1.23 bits per heavy atom. The minimum absolute atomic E-state index is 0.104. The second-order valence-corrected chi connectivity index (χ2v) is 11.8. The zero-order valence-electron chi connectivity index (χ0n) is 24.2. The SMILES string of the molecule is C=CCCCCOC(=O)[C@@H]1[C@@H]2CCC3(O2)C(C(=O)N(CC=C)CCN2CCOCC2)N([C@@H](CO)C(C)C)C(=O)[C@H]13. The molecular formula is C30H47N3O7. The molecule has 2 bridgehead atoms. The molecule has 0 aliphatic carbocycles. The van der Waals surface area contributed by atoms with E-state index in [-0.39, 0.29) is 30.9 Å². The standard InChI is InChI=1S/C30H47N3O7/c1-5-7-8-9-17-39-29(37)24-23-10-11-30(40-23)25(24)27(35)33(22(20-34)21(3)4)26(30)28(36)32(12-6-2)14-13-31-15-18-38-19-16-31/h5-6,21-26,34H,1-2,7-20H2,3-4H3/t22-,23-,24+,25-,26?,30?/m0/s1. The molecule has 4 saturated heterocycles. The highest BCUT2D eigenvalue weighted by Gasteiger charge is 2.75. The molecule has 0 saturated carbocycles. The van der Waals surface area contributed by atoms with Crippen LogP contribution in [0, 0.1) is 17.8 Å². The van der Waals surface area contributed by atoms with Gasteiger partial charge in [0.2, 0.25) is 11.8 Å². The van der Waals surface area contributed by atoms with E-state index in [0.717, 1.165) is 25.9 Å². The number of fused-ring (bicyclic) bond motifs is 1. The Labute approximate surface area is 238 Å². The third-order valence-corrected chi connectivity index (χ3v) is 9.06. The number of hydrogen-bond donors (Lipinski definition) is 1. The summed E-state index contributed by atoms with van der Waals surface area (Å²) in [6.45, 7) is 15.8. The molecule has 0 aromatic rings. The van der Waals surface area contributed by atoms with Crippen LogP contribution in [0.5, 0.6) is 0 Å². The van der Waals surface area contributed by atoms with Crippen LogP contribution in [0.4, 0.5) is 0 Å². The lowest BCUT2D eigenvalue weighted by Crippen LogP contribution is -2.60. The number of nitrogens with zero attached hydrogens (tertiary/aromatic N) is 3. The number of allylic oxidation sites excluding steroid dienone is 1. The van der Waals surface area contributed by atoms with Crippen LogP contribution in [0.2, 0.25) is 0 Å². The number of morpholine rings is 1. The van der Waals surface area contributed by atoms with E-state index in [4.69, 9.17) is 14.2 Å². The number of aliphatic hydroxyl groups is 1. The summed E-state index contributed by atoms with van der Waals surface area (Å²) in [6, 6.07) is -1.51. The van der Waals surface area contributed by atoms with Crippen molar-refractivity contribution in [2.45, 2.75) is 69.7 Å². The molecule has 0 aromatic carbocycles. The zero-order chi connectivity index (χ0) is 28.9. The predicted molar refractivity (Wildman–Crippen MR) is 149 cm³/mol. The van der Waals surface area contributed by atoms with Crippen molar-refractivity contribution in [3.05, 3.63) is 25.3 Å². The number of unbranched alkanes of at least 4 members (excludes halogenated alkanes) is 2. The molecule has 2 unspecified atom stereocenters. The number of carbonyl (C=O) groups is 3. The van der Waals surface area contributed by atoms with Gasteiger partial charge in [-0.05, 0) is 38.0 Å². The number of rotatable bonds is 15. The average Bonchev–Trinajstić information content (AvgIpc) is 3.59. The summed E-state index contributed by atoms with van der Waals surface area (Å²) in [4.78, 5) is 47.5. The first-order chi connectivity index (χ1) is 19.3. The molecule has 6 atom stereocenters. The maximum atomic E-state index is 14.4. The van der Waals surface area contributed by atoms with Crippen LogP contribution >= 0.6 is 0 Å². The molecule has 0 aromatic heterocycles. The van der Waals surface area contributed by atoms with E-state index >= 15 is 0 Å². The smallest absolute Gasteiger partial charge is 0.312 e. The van der Waals surface area contributed by atoms with Gasteiger partial charge in [-0.1, -0.05) is 26.0 Å². The predicted octanol–water partition coefficient (Wildman–Crippen LogP) is 1.62. The maximum Gasteiger partial charge on any atom is 0.312 e. The molecule has 4 aliphatic rings. The lowest BCUT2D eigenvalue weighted by atomic mass is 9.70. The monoisotopic (exact) mass is 561 g/mol. The fourth-order valence-electron chi connectivity index (χ4n) is 6.98. The van der Waals surface area contributed by atoms with Crippen molar-refractivity contribution in [1.29, 1.82) is 0 Å². The maximum absolute atomic E-state index is 14.4. The lowest BCUT2D eigenvalue weighted by Gasteiger charge is -2.40. The van der Waals surface area contributed by atoms with E-state index < -0.39 is 41.6 Å². The highest BCUT2D eigenvalue weighted by molar-refractivity contribution is 5.98. The van der Waals surface area contributed by atoms with Crippen LogP contribution in [0.3, 0.4) is 0 Å². The molecule has 1 N–H and O–H groups in total. The second kappa shape index (κ2) is 13.6. The fraction of sp³-hybridized carbons (Fsp3) is 0.767. The van der Waals surface area contributed by atoms with Crippen molar-refractivity contribution in [3.63, 3.8) is 0 Å². The number of amides is 2. The highest BCUT2D eigenvalue weighted by atomic mass is 16.6. The van der Waals surface area contributed by atoms with Crippen molar-refractivity contribution >= 4 is 17.8 Å². The van der Waals surface area contributed by atoms with Crippen molar-refractivity contribution in [2.75, 3.05) is 59.2 Å². The Kier molecular flexibility index (Phi) is 10.4. The minimum Gasteiger partial charge on any atom is -0.465 e. The summed E-state index contributed by atoms with van der Waals surface area (Å²) in [6.07, 6.45) is 6.59. The molecular weight excluding hydrogens is 514 g/mol.